The van der Waals surface area contributed by atoms with Crippen LogP contribution in [-0.4, -0.2) is 17.0 Å². The lowest BCUT2D eigenvalue weighted by Crippen LogP contribution is -2.36. The Morgan fingerprint density at radius 3 is 2.59 bits per heavy atom. The van der Waals surface area contributed by atoms with E-state index in [1.54, 1.807) is 0 Å². The molecule has 0 amide bonds. The molecule has 17 heavy (non-hydrogen) atoms. The minimum Gasteiger partial charge on any atom is -0.385 e. The second-order valence-corrected chi connectivity index (χ2v) is 5.47. The molecular formula is C15H20O2. The number of hydrogen-bond acceptors (Lipinski definition) is 2. The van der Waals surface area contributed by atoms with E-state index in [-0.39, 0.29) is 11.7 Å². The smallest absolute Gasteiger partial charge is 0.192 e. The number of carbonyl (C=O) groups excluding carboxylic acids is 1. The van der Waals surface area contributed by atoms with Crippen LogP contribution in [0.1, 0.15) is 53.7 Å². The van der Waals surface area contributed by atoms with Gasteiger partial charge in [-0.3, -0.25) is 4.79 Å². The van der Waals surface area contributed by atoms with Gasteiger partial charge in [0.1, 0.15) is 6.10 Å². The summed E-state index contributed by atoms with van der Waals surface area (Å²) < 4.78 is 0. The van der Waals surface area contributed by atoms with E-state index in [4.69, 9.17) is 0 Å². The van der Waals surface area contributed by atoms with Crippen LogP contribution in [0.2, 0.25) is 0 Å². The molecular weight excluding hydrogens is 212 g/mol. The fraction of sp³-hybridized carbons (Fsp3) is 0.533. The Kier molecular flexibility index (Phi) is 3.09. The number of aliphatic hydroxyl groups excluding tert-OH is 1. The number of fused-ring (bicyclic) bond motifs is 1. The third-order valence-electron chi connectivity index (χ3n) is 3.76. The van der Waals surface area contributed by atoms with Gasteiger partial charge in [-0.1, -0.05) is 32.9 Å². The molecule has 92 valence electrons. The summed E-state index contributed by atoms with van der Waals surface area (Å²) in [6, 6.07) is 4.12. The van der Waals surface area contributed by atoms with Crippen molar-refractivity contribution >= 4 is 5.78 Å². The van der Waals surface area contributed by atoms with Crippen molar-refractivity contribution in [2.45, 2.75) is 46.1 Å². The van der Waals surface area contributed by atoms with Crippen molar-refractivity contribution in [2.75, 3.05) is 0 Å². The summed E-state index contributed by atoms with van der Waals surface area (Å²) >= 11 is 0. The lowest BCUT2D eigenvalue weighted by Gasteiger charge is -2.29. The maximum atomic E-state index is 12.2. The van der Waals surface area contributed by atoms with Gasteiger partial charge in [0.15, 0.2) is 5.78 Å². The van der Waals surface area contributed by atoms with Gasteiger partial charge in [-0.15, -0.1) is 0 Å². The molecule has 1 aliphatic carbocycles. The van der Waals surface area contributed by atoms with Crippen LogP contribution in [-0.2, 0) is 6.42 Å². The van der Waals surface area contributed by atoms with Crippen LogP contribution >= 0.6 is 0 Å². The van der Waals surface area contributed by atoms with Crippen molar-refractivity contribution in [2.24, 2.45) is 5.92 Å². The zero-order valence-corrected chi connectivity index (χ0v) is 10.9. The van der Waals surface area contributed by atoms with Gasteiger partial charge in [-0.2, -0.15) is 0 Å². The van der Waals surface area contributed by atoms with Crippen LogP contribution < -0.4 is 0 Å². The van der Waals surface area contributed by atoms with Gasteiger partial charge in [0.2, 0.25) is 0 Å². The molecule has 0 aromatic heterocycles. The number of benzene rings is 1. The van der Waals surface area contributed by atoms with Crippen molar-refractivity contribution in [3.8, 4) is 0 Å². The Morgan fingerprint density at radius 2 is 2.00 bits per heavy atom. The highest BCUT2D eigenvalue weighted by Crippen LogP contribution is 2.33. The minimum atomic E-state index is -0.830. The Labute approximate surface area is 103 Å². The standard InChI is InChI=1S/C15H20O2/c1-8(2)11-6-5-9(3)13-12(11)7-10(4)14(16)15(13)17/h5-6,8,10,14,16H,7H2,1-4H3/t10-,14+/m0/s1. The Bertz CT molecular complexity index is 460. The SMILES string of the molecule is Cc1ccc(C(C)C)c2c1C(=O)[C@H](O)[C@@H](C)C2. The van der Waals surface area contributed by atoms with Crippen molar-refractivity contribution in [1.82, 2.24) is 0 Å². The van der Waals surface area contributed by atoms with Crippen LogP contribution in [0.25, 0.3) is 0 Å². The maximum absolute atomic E-state index is 12.2. The summed E-state index contributed by atoms with van der Waals surface area (Å²) in [6.07, 6.45) is -0.0270. The molecule has 2 heteroatoms. The lowest BCUT2D eigenvalue weighted by molar-refractivity contribution is 0.0595. The van der Waals surface area contributed by atoms with E-state index in [1.165, 1.54) is 5.56 Å². The zero-order valence-electron chi connectivity index (χ0n) is 10.9. The topological polar surface area (TPSA) is 37.3 Å². The van der Waals surface area contributed by atoms with Gasteiger partial charge < -0.3 is 5.11 Å². The predicted molar refractivity (Wildman–Crippen MR) is 68.5 cm³/mol. The summed E-state index contributed by atoms with van der Waals surface area (Å²) in [7, 11) is 0. The van der Waals surface area contributed by atoms with Crippen molar-refractivity contribution in [3.63, 3.8) is 0 Å². The highest BCUT2D eigenvalue weighted by molar-refractivity contribution is 6.03. The average molecular weight is 232 g/mol. The third-order valence-corrected chi connectivity index (χ3v) is 3.76. The highest BCUT2D eigenvalue weighted by Gasteiger charge is 2.33. The number of rotatable bonds is 1. The fourth-order valence-corrected chi connectivity index (χ4v) is 2.72. The van der Waals surface area contributed by atoms with Gasteiger partial charge in [0.25, 0.3) is 0 Å². The first-order chi connectivity index (χ1) is 7.93. The normalized spacial score (nSPS) is 24.0. The third kappa shape index (κ3) is 1.91. The average Bonchev–Trinajstić information content (AvgIpc) is 2.25. The van der Waals surface area contributed by atoms with Gasteiger partial charge in [0, 0.05) is 5.56 Å². The number of Topliss-reactive ketones (excluding diaryl/α,β-unsaturated/α-hetero) is 1. The molecule has 0 heterocycles. The van der Waals surface area contributed by atoms with Crippen LogP contribution in [0.3, 0.4) is 0 Å². The Balaban J connectivity index is 2.65. The van der Waals surface area contributed by atoms with Crippen molar-refractivity contribution < 1.29 is 9.90 Å². The quantitative estimate of drug-likeness (QED) is 0.808. The highest BCUT2D eigenvalue weighted by atomic mass is 16.3. The van der Waals surface area contributed by atoms with E-state index >= 15 is 0 Å². The van der Waals surface area contributed by atoms with Gasteiger partial charge in [-0.25, -0.2) is 0 Å². The first-order valence-corrected chi connectivity index (χ1v) is 6.28. The molecule has 0 radical (unpaired) electrons. The molecule has 1 aliphatic rings. The number of ketones is 1. The lowest BCUT2D eigenvalue weighted by atomic mass is 9.76. The molecule has 0 aliphatic heterocycles. The van der Waals surface area contributed by atoms with Gasteiger partial charge in [0.05, 0.1) is 0 Å². The van der Waals surface area contributed by atoms with Crippen LogP contribution in [0.4, 0.5) is 0 Å². The first kappa shape index (κ1) is 12.3. The van der Waals surface area contributed by atoms with Crippen molar-refractivity contribution in [1.29, 1.82) is 0 Å². The molecule has 1 aromatic carbocycles. The molecule has 2 atom stereocenters. The Morgan fingerprint density at radius 1 is 1.35 bits per heavy atom. The zero-order chi connectivity index (χ0) is 12.7. The van der Waals surface area contributed by atoms with E-state index in [0.29, 0.717) is 5.92 Å². The molecule has 0 saturated heterocycles. The van der Waals surface area contributed by atoms with E-state index < -0.39 is 6.10 Å². The van der Waals surface area contributed by atoms with Crippen LogP contribution in [0, 0.1) is 12.8 Å². The molecule has 0 fully saturated rings. The predicted octanol–water partition coefficient (Wildman–Crippen LogP) is 2.85. The van der Waals surface area contributed by atoms with Crippen LogP contribution in [0.15, 0.2) is 12.1 Å². The number of hydrogen-bond donors (Lipinski definition) is 1. The first-order valence-electron chi connectivity index (χ1n) is 6.28. The van der Waals surface area contributed by atoms with Crippen molar-refractivity contribution in [3.05, 3.63) is 34.4 Å². The van der Waals surface area contributed by atoms with Gasteiger partial charge in [-0.05, 0) is 41.9 Å². The molecule has 1 N–H and O–H groups in total. The van der Waals surface area contributed by atoms with E-state index in [1.807, 2.05) is 19.9 Å². The summed E-state index contributed by atoms with van der Waals surface area (Å²) in [5, 5.41) is 9.90. The molecule has 0 spiro atoms. The maximum Gasteiger partial charge on any atom is 0.192 e. The Hall–Kier alpha value is -1.15. The van der Waals surface area contributed by atoms with E-state index in [2.05, 4.69) is 19.9 Å². The number of aliphatic hydroxyl groups is 1. The molecule has 1 aromatic rings. The summed E-state index contributed by atoms with van der Waals surface area (Å²) in [6.45, 7) is 8.18. The van der Waals surface area contributed by atoms with E-state index in [9.17, 15) is 9.90 Å². The monoisotopic (exact) mass is 232 g/mol. The van der Waals surface area contributed by atoms with Gasteiger partial charge >= 0.3 is 0 Å². The number of aryl methyl sites for hydroxylation is 1. The van der Waals surface area contributed by atoms with E-state index in [0.717, 1.165) is 23.1 Å². The summed E-state index contributed by atoms with van der Waals surface area (Å²) in [4.78, 5) is 12.2. The van der Waals surface area contributed by atoms with Crippen LogP contribution in [0.5, 0.6) is 0 Å². The minimum absolute atomic E-state index is 0.0225. The largest absolute Gasteiger partial charge is 0.385 e. The number of carbonyl (C=O) groups is 1. The molecule has 0 saturated carbocycles. The molecule has 2 nitrogen and oxygen atoms in total. The molecule has 0 unspecified atom stereocenters. The second-order valence-electron chi connectivity index (χ2n) is 5.47. The molecule has 0 bridgehead atoms. The fourth-order valence-electron chi connectivity index (χ4n) is 2.72. The summed E-state index contributed by atoms with van der Waals surface area (Å²) in [5.41, 5.74) is 4.16. The molecule has 2 rings (SSSR count). The summed E-state index contributed by atoms with van der Waals surface area (Å²) in [5.74, 6) is 0.340. The second kappa shape index (κ2) is 4.26.